The first-order chi connectivity index (χ1) is 18.0. The first kappa shape index (κ1) is 27.4. The van der Waals surface area contributed by atoms with E-state index in [0.29, 0.717) is 32.3 Å². The fourth-order valence-electron chi connectivity index (χ4n) is 7.94. The molecule has 0 N–H and O–H groups in total. The standard InChI is InChI=1S/C29H42O9/c1-7-16(2)25(32)37-21-12-22-27(6,23-11-20-8-9-33-26(20)38-23)17(3)10-24(36-19(5)31)29(22,15-34-18(4)30)28(13-21)14-35-28/h8-9,16-17,20-24,26H,7,10-15H2,1-6H3/t16-,17-,20-,21+,22-,23+,24+,26+,27+,28+,29+/m1/s1. The van der Waals surface area contributed by atoms with Crippen molar-refractivity contribution in [2.75, 3.05) is 13.2 Å². The van der Waals surface area contributed by atoms with Crippen LogP contribution in [0.3, 0.4) is 0 Å². The van der Waals surface area contributed by atoms with E-state index in [1.807, 2.05) is 13.8 Å². The monoisotopic (exact) mass is 534 g/mol. The normalized spacial score (nSPS) is 45.5. The maximum absolute atomic E-state index is 12.9. The van der Waals surface area contributed by atoms with Crippen molar-refractivity contribution in [2.24, 2.45) is 34.5 Å². The van der Waals surface area contributed by atoms with Gasteiger partial charge in [-0.15, -0.1) is 0 Å². The molecule has 9 nitrogen and oxygen atoms in total. The number of hydrogen-bond acceptors (Lipinski definition) is 9. The highest BCUT2D eigenvalue weighted by atomic mass is 16.7. The van der Waals surface area contributed by atoms with Crippen LogP contribution in [0.25, 0.3) is 0 Å². The maximum Gasteiger partial charge on any atom is 0.308 e. The second kappa shape index (κ2) is 9.81. The molecule has 0 amide bonds. The van der Waals surface area contributed by atoms with Crippen molar-refractivity contribution in [1.82, 2.24) is 0 Å². The summed E-state index contributed by atoms with van der Waals surface area (Å²) in [6.45, 7) is 11.6. The molecule has 0 unspecified atom stereocenters. The van der Waals surface area contributed by atoms with Gasteiger partial charge in [0.2, 0.25) is 6.29 Å². The van der Waals surface area contributed by atoms with Crippen LogP contribution in [-0.4, -0.2) is 61.3 Å². The summed E-state index contributed by atoms with van der Waals surface area (Å²) in [6.07, 6.45) is 5.51. The quantitative estimate of drug-likeness (QED) is 0.273. The molecule has 2 saturated heterocycles. The number of carbonyl (C=O) groups is 3. The van der Waals surface area contributed by atoms with E-state index in [9.17, 15) is 14.4 Å². The molecule has 1 spiro atoms. The fraction of sp³-hybridized carbons (Fsp3) is 0.828. The van der Waals surface area contributed by atoms with Gasteiger partial charge in [0.05, 0.1) is 30.3 Å². The third kappa shape index (κ3) is 4.24. The molecule has 5 rings (SSSR count). The molecular weight excluding hydrogens is 492 g/mol. The number of hydrogen-bond donors (Lipinski definition) is 0. The lowest BCUT2D eigenvalue weighted by Gasteiger charge is -2.64. The zero-order valence-corrected chi connectivity index (χ0v) is 23.4. The average molecular weight is 535 g/mol. The molecule has 0 aromatic rings. The number of epoxide rings is 1. The lowest BCUT2D eigenvalue weighted by atomic mass is 9.42. The van der Waals surface area contributed by atoms with Crippen LogP contribution in [0.5, 0.6) is 0 Å². The molecule has 11 atom stereocenters. The Labute approximate surface area is 224 Å². The third-order valence-electron chi connectivity index (χ3n) is 10.5. The Morgan fingerprint density at radius 2 is 1.84 bits per heavy atom. The van der Waals surface area contributed by atoms with Crippen molar-refractivity contribution in [3.8, 4) is 0 Å². The molecule has 3 heterocycles. The van der Waals surface area contributed by atoms with Crippen LogP contribution < -0.4 is 0 Å². The Morgan fingerprint density at radius 1 is 1.11 bits per heavy atom. The zero-order chi connectivity index (χ0) is 27.5. The Balaban J connectivity index is 1.59. The van der Waals surface area contributed by atoms with E-state index in [1.54, 1.807) is 6.26 Å². The molecule has 5 aliphatic rings. The third-order valence-corrected chi connectivity index (χ3v) is 10.5. The largest absolute Gasteiger partial charge is 0.472 e. The van der Waals surface area contributed by atoms with Gasteiger partial charge >= 0.3 is 17.9 Å². The first-order valence-corrected chi connectivity index (χ1v) is 14.1. The molecule has 0 bridgehead atoms. The van der Waals surface area contributed by atoms with Crippen molar-refractivity contribution in [3.05, 3.63) is 12.3 Å². The van der Waals surface area contributed by atoms with Gasteiger partial charge in [0.1, 0.15) is 24.4 Å². The topological polar surface area (TPSA) is 110 Å². The van der Waals surface area contributed by atoms with Crippen molar-refractivity contribution in [2.45, 2.75) is 104 Å². The van der Waals surface area contributed by atoms with Gasteiger partial charge in [-0.25, -0.2) is 0 Å². The van der Waals surface area contributed by atoms with Crippen LogP contribution in [0, 0.1) is 34.5 Å². The molecule has 2 aliphatic carbocycles. The molecular formula is C29H42O9. The highest BCUT2D eigenvalue weighted by Gasteiger charge is 2.78. The van der Waals surface area contributed by atoms with Crippen molar-refractivity contribution >= 4 is 17.9 Å². The minimum atomic E-state index is -0.803. The predicted octanol–water partition coefficient (Wildman–Crippen LogP) is 3.93. The van der Waals surface area contributed by atoms with Crippen molar-refractivity contribution in [3.63, 3.8) is 0 Å². The van der Waals surface area contributed by atoms with Gasteiger partial charge in [-0.2, -0.15) is 0 Å². The lowest BCUT2D eigenvalue weighted by molar-refractivity contribution is -0.264. The van der Waals surface area contributed by atoms with Crippen LogP contribution >= 0.6 is 0 Å². The summed E-state index contributed by atoms with van der Waals surface area (Å²) in [4.78, 5) is 37.4. The Bertz CT molecular complexity index is 989. The van der Waals surface area contributed by atoms with Crippen molar-refractivity contribution in [1.29, 1.82) is 0 Å². The summed E-state index contributed by atoms with van der Waals surface area (Å²) in [5, 5.41) is 0. The van der Waals surface area contributed by atoms with E-state index in [4.69, 9.17) is 28.4 Å². The van der Waals surface area contributed by atoms with E-state index in [2.05, 4.69) is 19.9 Å². The summed E-state index contributed by atoms with van der Waals surface area (Å²) >= 11 is 0. The van der Waals surface area contributed by atoms with Gasteiger partial charge in [0.15, 0.2) is 0 Å². The Morgan fingerprint density at radius 3 is 2.45 bits per heavy atom. The highest BCUT2D eigenvalue weighted by molar-refractivity contribution is 5.72. The Kier molecular flexibility index (Phi) is 7.08. The maximum atomic E-state index is 12.9. The van der Waals surface area contributed by atoms with E-state index < -0.39 is 28.5 Å². The SMILES string of the molecule is CC[C@@H](C)C(=O)O[C@H]1C[C@@H]2[C@@](C)([C@@H]3C[C@H]4C=CO[C@H]4O3)[C@H](C)C[C@H](OC(C)=O)[C@@]2(COC(C)=O)[C@@]2(CO2)C1. The van der Waals surface area contributed by atoms with E-state index in [-0.39, 0.29) is 60.7 Å². The molecule has 3 aliphatic heterocycles. The van der Waals surface area contributed by atoms with Gasteiger partial charge in [-0.05, 0) is 43.6 Å². The average Bonchev–Trinajstić information content (AvgIpc) is 3.29. The smallest absolute Gasteiger partial charge is 0.308 e. The molecule has 9 heteroatoms. The van der Waals surface area contributed by atoms with Crippen LogP contribution in [0.15, 0.2) is 12.3 Å². The summed E-state index contributed by atoms with van der Waals surface area (Å²) in [6, 6.07) is 0. The number of rotatable bonds is 7. The van der Waals surface area contributed by atoms with E-state index >= 15 is 0 Å². The summed E-state index contributed by atoms with van der Waals surface area (Å²) < 4.78 is 36.5. The predicted molar refractivity (Wildman–Crippen MR) is 134 cm³/mol. The summed E-state index contributed by atoms with van der Waals surface area (Å²) in [5.74, 6) is -1.11. The van der Waals surface area contributed by atoms with Crippen LogP contribution in [0.4, 0.5) is 0 Å². The molecule has 2 saturated carbocycles. The summed E-state index contributed by atoms with van der Waals surface area (Å²) in [7, 11) is 0. The van der Waals surface area contributed by atoms with Gasteiger partial charge in [-0.3, -0.25) is 14.4 Å². The van der Waals surface area contributed by atoms with Gasteiger partial charge in [0.25, 0.3) is 0 Å². The van der Waals surface area contributed by atoms with Crippen molar-refractivity contribution < 1.29 is 42.8 Å². The number of ether oxygens (including phenoxy) is 6. The van der Waals surface area contributed by atoms with Crippen LogP contribution in [0.2, 0.25) is 0 Å². The molecule has 0 radical (unpaired) electrons. The first-order valence-electron chi connectivity index (χ1n) is 14.1. The lowest BCUT2D eigenvalue weighted by Crippen LogP contribution is -2.70. The summed E-state index contributed by atoms with van der Waals surface area (Å²) in [5.41, 5.74) is -1.96. The fourth-order valence-corrected chi connectivity index (χ4v) is 7.94. The van der Waals surface area contributed by atoms with E-state index in [0.717, 1.165) is 6.42 Å². The number of carbonyl (C=O) groups excluding carboxylic acids is 3. The minimum Gasteiger partial charge on any atom is -0.472 e. The molecule has 38 heavy (non-hydrogen) atoms. The molecule has 212 valence electrons. The molecule has 0 aromatic carbocycles. The van der Waals surface area contributed by atoms with Crippen LogP contribution in [-0.2, 0) is 42.8 Å². The zero-order valence-electron chi connectivity index (χ0n) is 23.4. The second-order valence-electron chi connectivity index (χ2n) is 12.4. The number of fused-ring (bicyclic) bond motifs is 3. The molecule has 0 aromatic heterocycles. The Hall–Kier alpha value is -2.13. The van der Waals surface area contributed by atoms with E-state index in [1.165, 1.54) is 13.8 Å². The number of esters is 3. The minimum absolute atomic E-state index is 0.0647. The molecule has 4 fully saturated rings. The van der Waals surface area contributed by atoms with Gasteiger partial charge in [-0.1, -0.05) is 27.7 Å². The van der Waals surface area contributed by atoms with Gasteiger partial charge in [0, 0.05) is 31.6 Å². The van der Waals surface area contributed by atoms with Gasteiger partial charge < -0.3 is 28.4 Å². The second-order valence-corrected chi connectivity index (χ2v) is 12.4. The highest BCUT2D eigenvalue weighted by Crippen LogP contribution is 2.70. The van der Waals surface area contributed by atoms with Crippen LogP contribution in [0.1, 0.15) is 73.6 Å².